The van der Waals surface area contributed by atoms with Gasteiger partial charge in [-0.25, -0.2) is 0 Å². The molecule has 0 unspecified atom stereocenters. The van der Waals surface area contributed by atoms with Crippen molar-refractivity contribution in [3.63, 3.8) is 0 Å². The summed E-state index contributed by atoms with van der Waals surface area (Å²) in [5.74, 6) is 0.245. The number of hydrogen-bond donors (Lipinski definition) is 0. The lowest BCUT2D eigenvalue weighted by atomic mass is 9.90. The SMILES string of the molecule is CN(CCCC(C)(C)C#N)CC(=O)N1CCCC1. The van der Waals surface area contributed by atoms with Crippen molar-refractivity contribution in [3.8, 4) is 6.07 Å². The molecular weight excluding hydrogens is 226 g/mol. The third-order valence-electron chi connectivity index (χ3n) is 3.51. The molecule has 102 valence electrons. The fourth-order valence-electron chi connectivity index (χ4n) is 2.22. The van der Waals surface area contributed by atoms with Gasteiger partial charge in [-0.2, -0.15) is 5.26 Å². The lowest BCUT2D eigenvalue weighted by molar-refractivity contribution is -0.131. The molecule has 0 aromatic rings. The van der Waals surface area contributed by atoms with E-state index in [4.69, 9.17) is 5.26 Å². The van der Waals surface area contributed by atoms with Gasteiger partial charge in [0.1, 0.15) is 0 Å². The summed E-state index contributed by atoms with van der Waals surface area (Å²) in [5.41, 5.74) is -0.250. The molecule has 0 spiro atoms. The second kappa shape index (κ2) is 6.75. The van der Waals surface area contributed by atoms with E-state index in [2.05, 4.69) is 11.0 Å². The Morgan fingerprint density at radius 2 is 2.00 bits per heavy atom. The van der Waals surface area contributed by atoms with Crippen LogP contribution in [0, 0.1) is 16.7 Å². The average molecular weight is 251 g/mol. The van der Waals surface area contributed by atoms with Crippen LogP contribution in [-0.4, -0.2) is 48.9 Å². The number of amides is 1. The minimum absolute atomic E-state index is 0.245. The highest BCUT2D eigenvalue weighted by Crippen LogP contribution is 2.20. The van der Waals surface area contributed by atoms with E-state index in [1.807, 2.05) is 25.8 Å². The summed E-state index contributed by atoms with van der Waals surface area (Å²) in [6.07, 6.45) is 4.13. The van der Waals surface area contributed by atoms with Crippen LogP contribution >= 0.6 is 0 Å². The molecule has 1 aliphatic heterocycles. The maximum absolute atomic E-state index is 11.9. The van der Waals surface area contributed by atoms with E-state index in [-0.39, 0.29) is 11.3 Å². The van der Waals surface area contributed by atoms with Crippen molar-refractivity contribution in [1.29, 1.82) is 5.26 Å². The minimum Gasteiger partial charge on any atom is -0.342 e. The summed E-state index contributed by atoms with van der Waals surface area (Å²) in [6.45, 7) is 7.16. The number of likely N-dealkylation sites (N-methyl/N-ethyl adjacent to an activating group) is 1. The average Bonchev–Trinajstić information content (AvgIpc) is 2.82. The van der Waals surface area contributed by atoms with E-state index in [0.717, 1.165) is 45.3 Å². The smallest absolute Gasteiger partial charge is 0.236 e. The highest BCUT2D eigenvalue weighted by Gasteiger charge is 2.20. The Morgan fingerprint density at radius 1 is 1.39 bits per heavy atom. The molecule has 0 N–H and O–H groups in total. The van der Waals surface area contributed by atoms with Crippen LogP contribution in [0.4, 0.5) is 0 Å². The molecule has 1 amide bonds. The summed E-state index contributed by atoms with van der Waals surface area (Å²) in [7, 11) is 1.98. The normalized spacial score (nSPS) is 16.1. The van der Waals surface area contributed by atoms with E-state index in [0.29, 0.717) is 6.54 Å². The van der Waals surface area contributed by atoms with Crippen LogP contribution in [0.15, 0.2) is 0 Å². The van der Waals surface area contributed by atoms with Gasteiger partial charge in [0, 0.05) is 13.1 Å². The first-order valence-electron chi connectivity index (χ1n) is 6.82. The summed E-state index contributed by atoms with van der Waals surface area (Å²) >= 11 is 0. The zero-order chi connectivity index (χ0) is 13.6. The summed E-state index contributed by atoms with van der Waals surface area (Å²) in [5, 5.41) is 8.92. The molecule has 0 atom stereocenters. The number of nitrogens with zero attached hydrogens (tertiary/aromatic N) is 3. The second-order valence-corrected chi connectivity index (χ2v) is 5.92. The largest absolute Gasteiger partial charge is 0.342 e. The molecule has 0 radical (unpaired) electrons. The molecule has 4 heteroatoms. The Kier molecular flexibility index (Phi) is 5.61. The van der Waals surface area contributed by atoms with Gasteiger partial charge in [0.05, 0.1) is 18.0 Å². The number of likely N-dealkylation sites (tertiary alicyclic amines) is 1. The molecule has 1 fully saturated rings. The van der Waals surface area contributed by atoms with E-state index in [9.17, 15) is 4.79 Å². The number of nitriles is 1. The van der Waals surface area contributed by atoms with Gasteiger partial charge in [0.15, 0.2) is 0 Å². The fourth-order valence-corrected chi connectivity index (χ4v) is 2.22. The monoisotopic (exact) mass is 251 g/mol. The first-order valence-corrected chi connectivity index (χ1v) is 6.82. The van der Waals surface area contributed by atoms with E-state index in [1.165, 1.54) is 0 Å². The molecule has 0 aromatic heterocycles. The molecule has 0 bridgehead atoms. The first-order chi connectivity index (χ1) is 8.44. The fraction of sp³-hybridized carbons (Fsp3) is 0.857. The zero-order valence-electron chi connectivity index (χ0n) is 11.9. The van der Waals surface area contributed by atoms with Crippen LogP contribution in [0.5, 0.6) is 0 Å². The van der Waals surface area contributed by atoms with Crippen LogP contribution in [0.1, 0.15) is 39.5 Å². The van der Waals surface area contributed by atoms with Crippen molar-refractivity contribution < 1.29 is 4.79 Å². The van der Waals surface area contributed by atoms with Crippen molar-refractivity contribution in [2.45, 2.75) is 39.5 Å². The highest BCUT2D eigenvalue weighted by molar-refractivity contribution is 5.78. The summed E-state index contributed by atoms with van der Waals surface area (Å²) in [4.78, 5) is 15.9. The number of rotatable bonds is 6. The highest BCUT2D eigenvalue weighted by atomic mass is 16.2. The van der Waals surface area contributed by atoms with Crippen LogP contribution < -0.4 is 0 Å². The van der Waals surface area contributed by atoms with Gasteiger partial charge in [-0.3, -0.25) is 9.69 Å². The lowest BCUT2D eigenvalue weighted by Gasteiger charge is -2.22. The van der Waals surface area contributed by atoms with Gasteiger partial charge in [-0.05, 0) is 53.1 Å². The Morgan fingerprint density at radius 3 is 2.56 bits per heavy atom. The van der Waals surface area contributed by atoms with Crippen molar-refractivity contribution in [2.24, 2.45) is 5.41 Å². The van der Waals surface area contributed by atoms with E-state index >= 15 is 0 Å². The van der Waals surface area contributed by atoms with Gasteiger partial charge in [0.2, 0.25) is 5.91 Å². The maximum atomic E-state index is 11.9. The van der Waals surface area contributed by atoms with Crippen LogP contribution in [0.3, 0.4) is 0 Å². The van der Waals surface area contributed by atoms with Crippen molar-refractivity contribution in [3.05, 3.63) is 0 Å². The molecular formula is C14H25N3O. The summed E-state index contributed by atoms with van der Waals surface area (Å²) < 4.78 is 0. The molecule has 18 heavy (non-hydrogen) atoms. The number of carbonyl (C=O) groups is 1. The molecule has 4 nitrogen and oxygen atoms in total. The van der Waals surface area contributed by atoms with Crippen LogP contribution in [0.25, 0.3) is 0 Å². The van der Waals surface area contributed by atoms with Crippen molar-refractivity contribution in [1.82, 2.24) is 9.80 Å². The van der Waals surface area contributed by atoms with Crippen LogP contribution in [0.2, 0.25) is 0 Å². The first kappa shape index (κ1) is 15.0. The lowest BCUT2D eigenvalue weighted by Crippen LogP contribution is -2.37. The summed E-state index contributed by atoms with van der Waals surface area (Å²) in [6, 6.07) is 2.31. The molecule has 1 rings (SSSR count). The second-order valence-electron chi connectivity index (χ2n) is 5.92. The zero-order valence-corrected chi connectivity index (χ0v) is 11.9. The Labute approximate surface area is 111 Å². The Balaban J connectivity index is 2.19. The molecule has 0 saturated carbocycles. The Hall–Kier alpha value is -1.08. The van der Waals surface area contributed by atoms with E-state index < -0.39 is 0 Å². The maximum Gasteiger partial charge on any atom is 0.236 e. The minimum atomic E-state index is -0.250. The number of carbonyl (C=O) groups excluding carboxylic acids is 1. The third kappa shape index (κ3) is 5.05. The van der Waals surface area contributed by atoms with Gasteiger partial charge in [0.25, 0.3) is 0 Å². The quantitative estimate of drug-likeness (QED) is 0.724. The third-order valence-corrected chi connectivity index (χ3v) is 3.51. The molecule has 1 saturated heterocycles. The van der Waals surface area contributed by atoms with Crippen molar-refractivity contribution >= 4 is 5.91 Å². The predicted octanol–water partition coefficient (Wildman–Crippen LogP) is 1.87. The van der Waals surface area contributed by atoms with Gasteiger partial charge in [-0.15, -0.1) is 0 Å². The molecule has 0 aromatic carbocycles. The van der Waals surface area contributed by atoms with Gasteiger partial charge in [-0.1, -0.05) is 0 Å². The topological polar surface area (TPSA) is 47.3 Å². The molecule has 1 aliphatic rings. The van der Waals surface area contributed by atoms with Gasteiger partial charge >= 0.3 is 0 Å². The number of hydrogen-bond acceptors (Lipinski definition) is 3. The molecule has 1 heterocycles. The Bertz CT molecular complexity index is 313. The van der Waals surface area contributed by atoms with Gasteiger partial charge < -0.3 is 4.90 Å². The molecule has 0 aliphatic carbocycles. The standard InChI is InChI=1S/C14H25N3O/c1-14(2,12-15)7-6-8-16(3)11-13(18)17-9-4-5-10-17/h4-11H2,1-3H3. The van der Waals surface area contributed by atoms with E-state index in [1.54, 1.807) is 0 Å². The van der Waals surface area contributed by atoms with Crippen LogP contribution in [-0.2, 0) is 4.79 Å². The predicted molar refractivity (Wildman–Crippen MR) is 71.9 cm³/mol. The van der Waals surface area contributed by atoms with Crippen molar-refractivity contribution in [2.75, 3.05) is 33.2 Å².